The summed E-state index contributed by atoms with van der Waals surface area (Å²) >= 11 is 0. The molecule has 0 saturated heterocycles. The number of Topliss-reactive ketones (excluding diaryl/α,β-unsaturated/α-hetero) is 1. The molecule has 0 aliphatic heterocycles. The summed E-state index contributed by atoms with van der Waals surface area (Å²) < 4.78 is 10.1. The summed E-state index contributed by atoms with van der Waals surface area (Å²) in [6, 6.07) is 13.6. The number of rotatable bonds is 5. The van der Waals surface area contributed by atoms with Crippen LogP contribution in [0.4, 0.5) is 0 Å². The molecule has 0 aromatic heterocycles. The molecule has 0 fully saturated rings. The van der Waals surface area contributed by atoms with Crippen molar-refractivity contribution in [2.24, 2.45) is 0 Å². The Bertz CT molecular complexity index is 539. The number of carbonyl (C=O) groups excluding carboxylic acids is 1. The van der Waals surface area contributed by atoms with Crippen molar-refractivity contribution in [3.8, 4) is 0 Å². The first-order chi connectivity index (χ1) is 8.76. The van der Waals surface area contributed by atoms with Crippen LogP contribution < -0.4 is 0 Å². The first-order valence-corrected chi connectivity index (χ1v) is 5.83. The number of carbonyl (C=O) groups is 1. The Hall–Kier alpha value is -1.71. The van der Waals surface area contributed by atoms with Crippen LogP contribution in [0.2, 0.25) is 0 Å². The molecule has 3 nitrogen and oxygen atoms in total. The lowest BCUT2D eigenvalue weighted by atomic mass is 10.00. The van der Waals surface area contributed by atoms with Gasteiger partial charge in [0.05, 0.1) is 6.42 Å². The Morgan fingerprint density at radius 3 is 2.44 bits per heavy atom. The highest BCUT2D eigenvalue weighted by Crippen LogP contribution is 2.20. The molecular formula is C15H16O3. The monoisotopic (exact) mass is 244 g/mol. The van der Waals surface area contributed by atoms with Crippen LogP contribution in [0.5, 0.6) is 0 Å². The average molecular weight is 244 g/mol. The number of ether oxygens (including phenoxy) is 2. The van der Waals surface area contributed by atoms with Gasteiger partial charge in [0.2, 0.25) is 0 Å². The van der Waals surface area contributed by atoms with E-state index in [0.29, 0.717) is 5.56 Å². The van der Waals surface area contributed by atoms with Crippen LogP contribution in [0.15, 0.2) is 42.5 Å². The second kappa shape index (κ2) is 5.76. The zero-order chi connectivity index (χ0) is 13.0. The van der Waals surface area contributed by atoms with Crippen molar-refractivity contribution >= 4 is 16.6 Å². The quantitative estimate of drug-likeness (QED) is 0.599. The highest BCUT2D eigenvalue weighted by atomic mass is 16.7. The minimum atomic E-state index is -0.489. The van der Waals surface area contributed by atoms with Crippen molar-refractivity contribution in [1.82, 2.24) is 0 Å². The molecule has 0 heterocycles. The van der Waals surface area contributed by atoms with Gasteiger partial charge in [-0.3, -0.25) is 4.79 Å². The standard InChI is InChI=1S/C15H16O3/c1-17-15(18-2)10-14(16)13-9-5-7-11-6-3-4-8-12(11)13/h3-9,15H,10H2,1-2H3. The van der Waals surface area contributed by atoms with Crippen molar-refractivity contribution in [1.29, 1.82) is 0 Å². The molecule has 0 aliphatic rings. The molecule has 2 aromatic rings. The molecule has 94 valence electrons. The second-order valence-corrected chi connectivity index (χ2v) is 4.05. The van der Waals surface area contributed by atoms with E-state index in [9.17, 15) is 4.79 Å². The van der Waals surface area contributed by atoms with Crippen molar-refractivity contribution in [3.63, 3.8) is 0 Å². The normalized spacial score (nSPS) is 11.1. The second-order valence-electron chi connectivity index (χ2n) is 4.05. The van der Waals surface area contributed by atoms with Gasteiger partial charge in [0.25, 0.3) is 0 Å². The maximum atomic E-state index is 12.2. The van der Waals surface area contributed by atoms with Gasteiger partial charge in [-0.25, -0.2) is 0 Å². The van der Waals surface area contributed by atoms with Gasteiger partial charge in [0.1, 0.15) is 0 Å². The van der Waals surface area contributed by atoms with Crippen LogP contribution in [-0.4, -0.2) is 26.3 Å². The Labute approximate surface area is 106 Å². The van der Waals surface area contributed by atoms with Crippen LogP contribution in [0.3, 0.4) is 0 Å². The zero-order valence-corrected chi connectivity index (χ0v) is 10.6. The maximum Gasteiger partial charge on any atom is 0.168 e. The van der Waals surface area contributed by atoms with E-state index in [1.807, 2.05) is 42.5 Å². The largest absolute Gasteiger partial charge is 0.355 e. The van der Waals surface area contributed by atoms with E-state index >= 15 is 0 Å². The molecule has 0 spiro atoms. The topological polar surface area (TPSA) is 35.5 Å². The van der Waals surface area contributed by atoms with Crippen molar-refractivity contribution < 1.29 is 14.3 Å². The molecule has 2 rings (SSSR count). The Balaban J connectivity index is 2.33. The van der Waals surface area contributed by atoms with Gasteiger partial charge < -0.3 is 9.47 Å². The third-order valence-corrected chi connectivity index (χ3v) is 2.97. The molecule has 0 bridgehead atoms. The molecule has 0 atom stereocenters. The number of fused-ring (bicyclic) bond motifs is 1. The van der Waals surface area contributed by atoms with Crippen molar-refractivity contribution in [3.05, 3.63) is 48.0 Å². The lowest BCUT2D eigenvalue weighted by Crippen LogP contribution is -2.18. The zero-order valence-electron chi connectivity index (χ0n) is 10.6. The fourth-order valence-electron chi connectivity index (χ4n) is 1.99. The fraction of sp³-hybridized carbons (Fsp3) is 0.267. The first kappa shape index (κ1) is 12.7. The van der Waals surface area contributed by atoms with E-state index in [0.717, 1.165) is 10.8 Å². The average Bonchev–Trinajstić information content (AvgIpc) is 2.43. The van der Waals surface area contributed by atoms with E-state index in [4.69, 9.17) is 9.47 Å². The van der Waals surface area contributed by atoms with Gasteiger partial charge in [-0.1, -0.05) is 42.5 Å². The summed E-state index contributed by atoms with van der Waals surface area (Å²) in [7, 11) is 3.06. The van der Waals surface area contributed by atoms with E-state index in [-0.39, 0.29) is 12.2 Å². The number of benzene rings is 2. The van der Waals surface area contributed by atoms with Crippen molar-refractivity contribution in [2.75, 3.05) is 14.2 Å². The summed E-state index contributed by atoms with van der Waals surface area (Å²) in [5.41, 5.74) is 0.715. The number of hydrogen-bond acceptors (Lipinski definition) is 3. The molecule has 0 saturated carbocycles. The molecular weight excluding hydrogens is 228 g/mol. The molecule has 0 unspecified atom stereocenters. The SMILES string of the molecule is COC(CC(=O)c1cccc2ccccc12)OC. The summed E-state index contributed by atoms with van der Waals surface area (Å²) in [4.78, 5) is 12.2. The molecule has 0 amide bonds. The van der Waals surface area contributed by atoms with E-state index in [1.165, 1.54) is 14.2 Å². The van der Waals surface area contributed by atoms with Crippen LogP contribution in [-0.2, 0) is 9.47 Å². The molecule has 0 aliphatic carbocycles. The number of methoxy groups -OCH3 is 2. The van der Waals surface area contributed by atoms with Gasteiger partial charge in [0.15, 0.2) is 12.1 Å². The highest BCUT2D eigenvalue weighted by Gasteiger charge is 2.15. The maximum absolute atomic E-state index is 12.2. The summed E-state index contributed by atoms with van der Waals surface area (Å²) in [5, 5.41) is 2.03. The summed E-state index contributed by atoms with van der Waals surface area (Å²) in [6.07, 6.45) is -0.266. The highest BCUT2D eigenvalue weighted by molar-refractivity contribution is 6.08. The predicted octanol–water partition coefficient (Wildman–Crippen LogP) is 3.03. The number of ketones is 1. The van der Waals surface area contributed by atoms with E-state index in [2.05, 4.69) is 0 Å². The molecule has 0 radical (unpaired) electrons. The van der Waals surface area contributed by atoms with E-state index in [1.54, 1.807) is 0 Å². The van der Waals surface area contributed by atoms with Gasteiger partial charge in [0, 0.05) is 19.8 Å². The molecule has 3 heteroatoms. The first-order valence-electron chi connectivity index (χ1n) is 5.83. The third kappa shape index (κ3) is 2.58. The van der Waals surface area contributed by atoms with Crippen LogP contribution in [0.25, 0.3) is 10.8 Å². The Morgan fingerprint density at radius 1 is 1.06 bits per heavy atom. The lowest BCUT2D eigenvalue weighted by Gasteiger charge is -2.13. The third-order valence-electron chi connectivity index (χ3n) is 2.97. The minimum Gasteiger partial charge on any atom is -0.355 e. The summed E-state index contributed by atoms with van der Waals surface area (Å²) in [5.74, 6) is 0.0282. The Kier molecular flexibility index (Phi) is 4.07. The number of hydrogen-bond donors (Lipinski definition) is 0. The predicted molar refractivity (Wildman–Crippen MR) is 70.7 cm³/mol. The Morgan fingerprint density at radius 2 is 1.72 bits per heavy atom. The fourth-order valence-corrected chi connectivity index (χ4v) is 1.99. The van der Waals surface area contributed by atoms with Crippen LogP contribution in [0.1, 0.15) is 16.8 Å². The molecule has 0 N–H and O–H groups in total. The lowest BCUT2D eigenvalue weighted by molar-refractivity contribution is -0.0993. The van der Waals surface area contributed by atoms with Crippen LogP contribution >= 0.6 is 0 Å². The smallest absolute Gasteiger partial charge is 0.168 e. The summed E-state index contributed by atoms with van der Waals surface area (Å²) in [6.45, 7) is 0. The van der Waals surface area contributed by atoms with Crippen LogP contribution in [0, 0.1) is 0 Å². The van der Waals surface area contributed by atoms with E-state index < -0.39 is 6.29 Å². The van der Waals surface area contributed by atoms with Gasteiger partial charge >= 0.3 is 0 Å². The van der Waals surface area contributed by atoms with Gasteiger partial charge in [-0.05, 0) is 10.8 Å². The minimum absolute atomic E-state index is 0.0282. The van der Waals surface area contributed by atoms with Gasteiger partial charge in [-0.15, -0.1) is 0 Å². The van der Waals surface area contributed by atoms with Gasteiger partial charge in [-0.2, -0.15) is 0 Å². The molecule has 18 heavy (non-hydrogen) atoms. The van der Waals surface area contributed by atoms with Crippen molar-refractivity contribution in [2.45, 2.75) is 12.7 Å². The molecule has 2 aromatic carbocycles.